The van der Waals surface area contributed by atoms with Crippen molar-refractivity contribution in [2.75, 3.05) is 6.54 Å². The Labute approximate surface area is 134 Å². The van der Waals surface area contributed by atoms with Crippen molar-refractivity contribution in [2.24, 2.45) is 0 Å². The molecule has 0 spiro atoms. The van der Waals surface area contributed by atoms with Gasteiger partial charge in [0.25, 0.3) is 5.91 Å². The smallest absolute Gasteiger partial charge is 0.371 e. The van der Waals surface area contributed by atoms with Gasteiger partial charge in [0.1, 0.15) is 0 Å². The average molecular weight is 313 g/mol. The van der Waals surface area contributed by atoms with Gasteiger partial charge < -0.3 is 14.4 Å². The molecule has 0 bridgehead atoms. The fraction of sp³-hybridized carbons (Fsp3) is 0.333. The summed E-state index contributed by atoms with van der Waals surface area (Å²) >= 11 is 0. The Hall–Kier alpha value is -2.56. The number of carboxylic acid groups (broad SMARTS) is 1. The number of hydrogen-bond donors (Lipinski definition) is 1. The van der Waals surface area contributed by atoms with Crippen LogP contribution in [0.2, 0.25) is 0 Å². The van der Waals surface area contributed by atoms with E-state index < -0.39 is 5.97 Å². The monoisotopic (exact) mass is 313 g/mol. The second-order valence-electron chi connectivity index (χ2n) is 5.74. The molecule has 1 saturated heterocycles. The first kappa shape index (κ1) is 15.3. The molecule has 1 aromatic heterocycles. The van der Waals surface area contributed by atoms with Gasteiger partial charge in [0.15, 0.2) is 5.76 Å². The van der Waals surface area contributed by atoms with Crippen LogP contribution in [-0.4, -0.2) is 28.4 Å². The number of carboxylic acids is 1. The molecule has 5 heteroatoms. The van der Waals surface area contributed by atoms with Crippen molar-refractivity contribution in [3.8, 4) is 0 Å². The number of carbonyl (C=O) groups excluding carboxylic acids is 1. The number of amides is 1. The van der Waals surface area contributed by atoms with E-state index in [-0.39, 0.29) is 23.5 Å². The number of benzene rings is 1. The highest BCUT2D eigenvalue weighted by molar-refractivity contribution is 5.93. The SMILES string of the molecule is O=C(O)c1ccc(C(=O)N2CCCCCC2c2ccccc2)o1. The van der Waals surface area contributed by atoms with Gasteiger partial charge in [-0.3, -0.25) is 4.79 Å². The summed E-state index contributed by atoms with van der Waals surface area (Å²) in [7, 11) is 0. The van der Waals surface area contributed by atoms with E-state index in [4.69, 9.17) is 9.52 Å². The van der Waals surface area contributed by atoms with Gasteiger partial charge in [-0.25, -0.2) is 4.79 Å². The maximum Gasteiger partial charge on any atom is 0.371 e. The van der Waals surface area contributed by atoms with Gasteiger partial charge in [-0.2, -0.15) is 0 Å². The fourth-order valence-electron chi connectivity index (χ4n) is 3.08. The van der Waals surface area contributed by atoms with Crippen LogP contribution in [0.4, 0.5) is 0 Å². The van der Waals surface area contributed by atoms with Gasteiger partial charge in [-0.15, -0.1) is 0 Å². The molecule has 0 saturated carbocycles. The third-order valence-corrected chi connectivity index (χ3v) is 4.23. The summed E-state index contributed by atoms with van der Waals surface area (Å²) in [5.74, 6) is -1.53. The highest BCUT2D eigenvalue weighted by atomic mass is 16.4. The van der Waals surface area contributed by atoms with Crippen molar-refractivity contribution in [1.82, 2.24) is 4.90 Å². The maximum atomic E-state index is 12.8. The zero-order valence-electron chi connectivity index (χ0n) is 12.8. The predicted molar refractivity (Wildman–Crippen MR) is 84.4 cm³/mol. The molecule has 1 amide bonds. The third kappa shape index (κ3) is 3.28. The zero-order chi connectivity index (χ0) is 16.2. The molecule has 1 aliphatic heterocycles. The van der Waals surface area contributed by atoms with Gasteiger partial charge in [0, 0.05) is 6.54 Å². The standard InChI is InChI=1S/C18H19NO4/c20-17(15-10-11-16(23-15)18(21)22)19-12-6-2-5-9-14(19)13-7-3-1-4-8-13/h1,3-4,7-8,10-11,14H,2,5-6,9,12H2,(H,21,22). The summed E-state index contributed by atoms with van der Waals surface area (Å²) in [5.41, 5.74) is 1.10. The van der Waals surface area contributed by atoms with Crippen LogP contribution in [0.1, 0.15) is 58.4 Å². The lowest BCUT2D eigenvalue weighted by molar-refractivity contribution is 0.0623. The molecule has 2 aromatic rings. The van der Waals surface area contributed by atoms with Gasteiger partial charge in [0.2, 0.25) is 5.76 Å². The Morgan fingerprint density at radius 2 is 1.74 bits per heavy atom. The number of aromatic carboxylic acids is 1. The van der Waals surface area contributed by atoms with Gasteiger partial charge >= 0.3 is 5.97 Å². The molecule has 1 fully saturated rings. The Bertz CT molecular complexity index is 692. The lowest BCUT2D eigenvalue weighted by Crippen LogP contribution is -2.34. The first-order valence-corrected chi connectivity index (χ1v) is 7.86. The summed E-state index contributed by atoms with van der Waals surface area (Å²) in [6.07, 6.45) is 4.01. The quantitative estimate of drug-likeness (QED) is 0.937. The predicted octanol–water partition coefficient (Wildman–Crippen LogP) is 3.74. The maximum absolute atomic E-state index is 12.8. The number of furan rings is 1. The van der Waals surface area contributed by atoms with Crippen LogP contribution in [0.15, 0.2) is 46.9 Å². The minimum Gasteiger partial charge on any atom is -0.475 e. The van der Waals surface area contributed by atoms with E-state index in [1.54, 1.807) is 0 Å². The van der Waals surface area contributed by atoms with Gasteiger partial charge in [-0.05, 0) is 30.5 Å². The van der Waals surface area contributed by atoms with Crippen molar-refractivity contribution >= 4 is 11.9 Å². The number of hydrogen-bond acceptors (Lipinski definition) is 3. The molecule has 1 aliphatic rings. The van der Waals surface area contributed by atoms with Crippen molar-refractivity contribution in [2.45, 2.75) is 31.7 Å². The second kappa shape index (κ2) is 6.69. The van der Waals surface area contributed by atoms with E-state index in [0.717, 1.165) is 31.2 Å². The van der Waals surface area contributed by atoms with Crippen LogP contribution < -0.4 is 0 Å². The molecule has 23 heavy (non-hydrogen) atoms. The van der Waals surface area contributed by atoms with E-state index >= 15 is 0 Å². The molecule has 1 unspecified atom stereocenters. The van der Waals surface area contributed by atoms with Crippen molar-refractivity contribution in [3.05, 3.63) is 59.5 Å². The Morgan fingerprint density at radius 3 is 2.43 bits per heavy atom. The van der Waals surface area contributed by atoms with Crippen molar-refractivity contribution in [3.63, 3.8) is 0 Å². The van der Waals surface area contributed by atoms with Crippen molar-refractivity contribution < 1.29 is 19.1 Å². The molecular weight excluding hydrogens is 294 g/mol. The van der Waals surface area contributed by atoms with E-state index in [1.807, 2.05) is 35.2 Å². The molecule has 1 aromatic carbocycles. The Morgan fingerprint density at radius 1 is 1.00 bits per heavy atom. The minimum absolute atomic E-state index is 0.00424. The lowest BCUT2D eigenvalue weighted by Gasteiger charge is -2.29. The minimum atomic E-state index is -1.17. The van der Waals surface area contributed by atoms with Gasteiger partial charge in [0.05, 0.1) is 6.04 Å². The van der Waals surface area contributed by atoms with Crippen LogP contribution in [-0.2, 0) is 0 Å². The fourth-order valence-corrected chi connectivity index (χ4v) is 3.08. The largest absolute Gasteiger partial charge is 0.475 e. The highest BCUT2D eigenvalue weighted by Crippen LogP contribution is 2.31. The van der Waals surface area contributed by atoms with E-state index in [2.05, 4.69) is 0 Å². The average Bonchev–Trinajstić information content (AvgIpc) is 2.94. The van der Waals surface area contributed by atoms with E-state index in [9.17, 15) is 9.59 Å². The highest BCUT2D eigenvalue weighted by Gasteiger charge is 2.29. The Kier molecular flexibility index (Phi) is 4.46. The molecule has 120 valence electrons. The Balaban J connectivity index is 1.89. The molecule has 2 heterocycles. The molecule has 0 radical (unpaired) electrons. The van der Waals surface area contributed by atoms with Crippen LogP contribution >= 0.6 is 0 Å². The summed E-state index contributed by atoms with van der Waals surface area (Å²) in [4.78, 5) is 25.6. The van der Waals surface area contributed by atoms with E-state index in [1.165, 1.54) is 12.1 Å². The van der Waals surface area contributed by atoms with E-state index in [0.29, 0.717) is 6.54 Å². The first-order valence-electron chi connectivity index (χ1n) is 7.86. The number of rotatable bonds is 3. The van der Waals surface area contributed by atoms with Crippen LogP contribution in [0.25, 0.3) is 0 Å². The molecule has 1 atom stereocenters. The molecule has 5 nitrogen and oxygen atoms in total. The third-order valence-electron chi connectivity index (χ3n) is 4.23. The second-order valence-corrected chi connectivity index (χ2v) is 5.74. The molecule has 0 aliphatic carbocycles. The molecular formula is C18H19NO4. The van der Waals surface area contributed by atoms with Crippen molar-refractivity contribution in [1.29, 1.82) is 0 Å². The first-order chi connectivity index (χ1) is 11.2. The van der Waals surface area contributed by atoms with Crippen LogP contribution in [0.3, 0.4) is 0 Å². The van der Waals surface area contributed by atoms with Crippen LogP contribution in [0.5, 0.6) is 0 Å². The lowest BCUT2D eigenvalue weighted by atomic mass is 10.0. The summed E-state index contributed by atoms with van der Waals surface area (Å²) in [6.45, 7) is 0.654. The zero-order valence-corrected chi connectivity index (χ0v) is 12.8. The molecule has 1 N–H and O–H groups in total. The molecule has 3 rings (SSSR count). The summed E-state index contributed by atoms with van der Waals surface area (Å²) in [6, 6.07) is 12.7. The van der Waals surface area contributed by atoms with Crippen LogP contribution in [0, 0.1) is 0 Å². The van der Waals surface area contributed by atoms with Gasteiger partial charge in [-0.1, -0.05) is 43.2 Å². The number of carbonyl (C=O) groups is 2. The summed E-state index contributed by atoms with van der Waals surface area (Å²) < 4.78 is 5.19. The number of likely N-dealkylation sites (tertiary alicyclic amines) is 1. The normalized spacial score (nSPS) is 18.4. The topological polar surface area (TPSA) is 70.8 Å². The number of nitrogens with zero attached hydrogens (tertiary/aromatic N) is 1. The summed E-state index contributed by atoms with van der Waals surface area (Å²) in [5, 5.41) is 8.95.